The molecule has 0 radical (unpaired) electrons. The highest BCUT2D eigenvalue weighted by molar-refractivity contribution is 6.07. The zero-order valence-electron chi connectivity index (χ0n) is 12.7. The Morgan fingerprint density at radius 2 is 1.91 bits per heavy atom. The molecule has 0 aromatic heterocycles. The van der Waals surface area contributed by atoms with E-state index >= 15 is 0 Å². The van der Waals surface area contributed by atoms with Crippen LogP contribution in [0, 0.1) is 0 Å². The first-order valence-corrected chi connectivity index (χ1v) is 7.67. The molecule has 0 bridgehead atoms. The highest BCUT2D eigenvalue weighted by Gasteiger charge is 2.52. The highest BCUT2D eigenvalue weighted by Crippen LogP contribution is 2.28. The second kappa shape index (κ2) is 5.96. The molecule has 1 aromatic carbocycles. The van der Waals surface area contributed by atoms with E-state index in [0.29, 0.717) is 12.8 Å². The Labute approximate surface area is 129 Å². The standard InChI is InChI=1S/C16H21N3O3/c1-12(11-22-13-5-3-2-4-6-13)19-14(20)16(18-15(19)21)7-9-17-10-8-16/h2-6,12,17H,7-11H2,1H3,(H,18,21). The number of nitrogens with one attached hydrogen (secondary N) is 2. The van der Waals surface area contributed by atoms with E-state index in [0.717, 1.165) is 18.8 Å². The van der Waals surface area contributed by atoms with Crippen LogP contribution in [0.15, 0.2) is 30.3 Å². The molecular weight excluding hydrogens is 282 g/mol. The lowest BCUT2D eigenvalue weighted by Gasteiger charge is -2.31. The van der Waals surface area contributed by atoms with Crippen LogP contribution in [0.5, 0.6) is 5.75 Å². The van der Waals surface area contributed by atoms with Gasteiger partial charge in [0.15, 0.2) is 0 Å². The summed E-state index contributed by atoms with van der Waals surface area (Å²) in [6.07, 6.45) is 1.28. The van der Waals surface area contributed by atoms with Crippen LogP contribution < -0.4 is 15.4 Å². The van der Waals surface area contributed by atoms with Gasteiger partial charge >= 0.3 is 6.03 Å². The summed E-state index contributed by atoms with van der Waals surface area (Å²) in [5.74, 6) is 0.612. The van der Waals surface area contributed by atoms with Crippen LogP contribution in [0.4, 0.5) is 4.79 Å². The van der Waals surface area contributed by atoms with Crippen LogP contribution in [0.25, 0.3) is 0 Å². The van der Waals surface area contributed by atoms with Gasteiger partial charge in [0.1, 0.15) is 17.9 Å². The van der Waals surface area contributed by atoms with Gasteiger partial charge in [-0.3, -0.25) is 9.69 Å². The van der Waals surface area contributed by atoms with Crippen molar-refractivity contribution in [1.82, 2.24) is 15.5 Å². The Bertz CT molecular complexity index is 555. The number of ether oxygens (including phenoxy) is 1. The van der Waals surface area contributed by atoms with Gasteiger partial charge in [0.2, 0.25) is 0 Å². The molecule has 2 fully saturated rings. The van der Waals surface area contributed by atoms with Gasteiger partial charge in [0.05, 0.1) is 6.04 Å². The summed E-state index contributed by atoms with van der Waals surface area (Å²) in [6, 6.07) is 8.78. The molecule has 2 saturated heterocycles. The molecule has 6 heteroatoms. The lowest BCUT2D eigenvalue weighted by Crippen LogP contribution is -2.54. The van der Waals surface area contributed by atoms with E-state index in [2.05, 4.69) is 10.6 Å². The lowest BCUT2D eigenvalue weighted by atomic mass is 9.88. The molecule has 1 aromatic rings. The minimum absolute atomic E-state index is 0.122. The number of urea groups is 1. The van der Waals surface area contributed by atoms with E-state index in [4.69, 9.17) is 4.74 Å². The van der Waals surface area contributed by atoms with Gasteiger partial charge in [-0.2, -0.15) is 0 Å². The van der Waals surface area contributed by atoms with Crippen LogP contribution >= 0.6 is 0 Å². The van der Waals surface area contributed by atoms with Gasteiger partial charge in [-0.25, -0.2) is 4.79 Å². The average Bonchev–Trinajstić information content (AvgIpc) is 2.77. The smallest absolute Gasteiger partial charge is 0.325 e. The number of benzene rings is 1. The maximum Gasteiger partial charge on any atom is 0.325 e. The van der Waals surface area contributed by atoms with Gasteiger partial charge in [-0.05, 0) is 45.0 Å². The predicted octanol–water partition coefficient (Wildman–Crippen LogP) is 1.13. The quantitative estimate of drug-likeness (QED) is 0.818. The summed E-state index contributed by atoms with van der Waals surface area (Å²) in [6.45, 7) is 3.61. The van der Waals surface area contributed by atoms with Crippen molar-refractivity contribution < 1.29 is 14.3 Å². The van der Waals surface area contributed by atoms with E-state index < -0.39 is 5.54 Å². The Kier molecular flexibility index (Phi) is 4.02. The largest absolute Gasteiger partial charge is 0.491 e. The van der Waals surface area contributed by atoms with Gasteiger partial charge < -0.3 is 15.4 Å². The van der Waals surface area contributed by atoms with E-state index in [-0.39, 0.29) is 24.6 Å². The Morgan fingerprint density at radius 3 is 2.59 bits per heavy atom. The monoisotopic (exact) mass is 303 g/mol. The first-order chi connectivity index (χ1) is 10.6. The third-order valence-electron chi connectivity index (χ3n) is 4.33. The van der Waals surface area contributed by atoms with Crippen molar-refractivity contribution in [3.8, 4) is 5.75 Å². The summed E-state index contributed by atoms with van der Waals surface area (Å²) < 4.78 is 5.67. The fourth-order valence-corrected chi connectivity index (χ4v) is 3.04. The molecular formula is C16H21N3O3. The third kappa shape index (κ3) is 2.66. The minimum Gasteiger partial charge on any atom is -0.491 e. The van der Waals surface area contributed by atoms with E-state index in [1.165, 1.54) is 4.90 Å². The van der Waals surface area contributed by atoms with Crippen LogP contribution in [-0.4, -0.2) is 48.1 Å². The zero-order valence-corrected chi connectivity index (χ0v) is 12.7. The first kappa shape index (κ1) is 14.8. The normalized spacial score (nSPS) is 21.8. The summed E-state index contributed by atoms with van der Waals surface area (Å²) in [4.78, 5) is 26.2. The van der Waals surface area contributed by atoms with E-state index in [9.17, 15) is 9.59 Å². The Hall–Kier alpha value is -2.08. The fourth-order valence-electron chi connectivity index (χ4n) is 3.04. The van der Waals surface area contributed by atoms with Gasteiger partial charge in [0.25, 0.3) is 5.91 Å². The summed E-state index contributed by atoms with van der Waals surface area (Å²) in [5, 5.41) is 6.11. The van der Waals surface area contributed by atoms with E-state index in [1.807, 2.05) is 37.3 Å². The second-order valence-corrected chi connectivity index (χ2v) is 5.91. The number of hydrogen-bond acceptors (Lipinski definition) is 4. The Balaban J connectivity index is 1.66. The number of para-hydroxylation sites is 1. The number of piperidine rings is 1. The van der Waals surface area contributed by atoms with E-state index in [1.54, 1.807) is 0 Å². The number of carbonyl (C=O) groups is 2. The van der Waals surface area contributed by atoms with Gasteiger partial charge in [0, 0.05) is 0 Å². The molecule has 2 N–H and O–H groups in total. The lowest BCUT2D eigenvalue weighted by molar-refractivity contribution is -0.133. The molecule has 1 spiro atoms. The molecule has 2 heterocycles. The van der Waals surface area contributed by atoms with Crippen molar-refractivity contribution in [1.29, 1.82) is 0 Å². The number of nitrogens with zero attached hydrogens (tertiary/aromatic N) is 1. The third-order valence-corrected chi connectivity index (χ3v) is 4.33. The molecule has 1 atom stereocenters. The topological polar surface area (TPSA) is 70.7 Å². The number of carbonyl (C=O) groups excluding carboxylic acids is 2. The van der Waals surface area contributed by atoms with Crippen LogP contribution in [0.2, 0.25) is 0 Å². The Morgan fingerprint density at radius 1 is 1.23 bits per heavy atom. The zero-order chi connectivity index (χ0) is 15.6. The molecule has 0 saturated carbocycles. The molecule has 0 aliphatic carbocycles. The summed E-state index contributed by atoms with van der Waals surface area (Å²) in [5.41, 5.74) is -0.719. The maximum absolute atomic E-state index is 12.7. The molecule has 22 heavy (non-hydrogen) atoms. The van der Waals surface area contributed by atoms with Crippen molar-refractivity contribution in [2.45, 2.75) is 31.3 Å². The van der Waals surface area contributed by atoms with Crippen molar-refractivity contribution in [2.75, 3.05) is 19.7 Å². The molecule has 3 amide bonds. The van der Waals surface area contributed by atoms with Crippen molar-refractivity contribution in [3.05, 3.63) is 30.3 Å². The number of rotatable bonds is 4. The number of imide groups is 1. The van der Waals surface area contributed by atoms with Crippen LogP contribution in [-0.2, 0) is 4.79 Å². The molecule has 2 aliphatic heterocycles. The maximum atomic E-state index is 12.7. The molecule has 6 nitrogen and oxygen atoms in total. The van der Waals surface area contributed by atoms with Gasteiger partial charge in [-0.15, -0.1) is 0 Å². The molecule has 118 valence electrons. The van der Waals surface area contributed by atoms with Crippen molar-refractivity contribution in [3.63, 3.8) is 0 Å². The number of amides is 3. The van der Waals surface area contributed by atoms with Crippen molar-refractivity contribution in [2.24, 2.45) is 0 Å². The molecule has 3 rings (SSSR count). The molecule has 1 unspecified atom stereocenters. The fraction of sp³-hybridized carbons (Fsp3) is 0.500. The minimum atomic E-state index is -0.719. The van der Waals surface area contributed by atoms with Crippen LogP contribution in [0.3, 0.4) is 0 Å². The highest BCUT2D eigenvalue weighted by atomic mass is 16.5. The van der Waals surface area contributed by atoms with Crippen molar-refractivity contribution >= 4 is 11.9 Å². The first-order valence-electron chi connectivity index (χ1n) is 7.67. The SMILES string of the molecule is CC(COc1ccccc1)N1C(=O)NC2(CCNCC2)C1=O. The summed E-state index contributed by atoms with van der Waals surface area (Å²) in [7, 11) is 0. The van der Waals surface area contributed by atoms with Crippen LogP contribution in [0.1, 0.15) is 19.8 Å². The predicted molar refractivity (Wildman–Crippen MR) is 81.6 cm³/mol. The number of hydrogen-bond donors (Lipinski definition) is 2. The van der Waals surface area contributed by atoms with Gasteiger partial charge in [-0.1, -0.05) is 18.2 Å². The average molecular weight is 303 g/mol. The summed E-state index contributed by atoms with van der Waals surface area (Å²) >= 11 is 0. The molecule has 2 aliphatic rings. The second-order valence-electron chi connectivity index (χ2n) is 5.91.